The molecule has 0 aliphatic carbocycles. The fraction of sp³-hybridized carbons (Fsp3) is 0.545. The van der Waals surface area contributed by atoms with Gasteiger partial charge in [-0.15, -0.1) is 11.3 Å². The van der Waals surface area contributed by atoms with E-state index in [9.17, 15) is 18.3 Å². The third-order valence-electron chi connectivity index (χ3n) is 3.28. The number of carboxylic acid groups (broad SMARTS) is 1. The van der Waals surface area contributed by atoms with E-state index < -0.39 is 27.7 Å². The van der Waals surface area contributed by atoms with Gasteiger partial charge in [-0.25, -0.2) is 17.9 Å². The first-order valence-corrected chi connectivity index (χ1v) is 8.21. The van der Waals surface area contributed by atoms with Crippen molar-refractivity contribution >= 4 is 27.3 Å². The van der Waals surface area contributed by atoms with E-state index >= 15 is 0 Å². The Hall–Kier alpha value is -1.00. The summed E-state index contributed by atoms with van der Waals surface area (Å²) in [6.45, 7) is 1.88. The van der Waals surface area contributed by atoms with E-state index in [2.05, 4.69) is 4.72 Å². The summed E-state index contributed by atoms with van der Waals surface area (Å²) in [5, 5.41) is 19.0. The number of hydrogen-bond donors (Lipinski definition) is 3. The maximum Gasteiger partial charge on any atom is 0.345 e. The van der Waals surface area contributed by atoms with Crippen LogP contribution in [-0.4, -0.2) is 49.5 Å². The molecule has 7 nitrogen and oxygen atoms in total. The summed E-state index contributed by atoms with van der Waals surface area (Å²) in [5.41, 5.74) is -1.24. The highest BCUT2D eigenvalue weighted by atomic mass is 32.2. The van der Waals surface area contributed by atoms with Gasteiger partial charge in [-0.3, -0.25) is 0 Å². The average molecular weight is 321 g/mol. The lowest BCUT2D eigenvalue weighted by Crippen LogP contribution is -2.47. The van der Waals surface area contributed by atoms with Crippen molar-refractivity contribution in [3.63, 3.8) is 0 Å². The number of aromatic carboxylic acids is 1. The van der Waals surface area contributed by atoms with Crippen LogP contribution in [0.3, 0.4) is 0 Å². The molecule has 1 aliphatic rings. The topological polar surface area (TPSA) is 113 Å². The number of hydrogen-bond acceptors (Lipinski definition) is 6. The van der Waals surface area contributed by atoms with Crippen LogP contribution >= 0.6 is 11.3 Å². The van der Waals surface area contributed by atoms with E-state index in [4.69, 9.17) is 9.84 Å². The number of rotatable bonds is 5. The second-order valence-corrected chi connectivity index (χ2v) is 7.69. The first kappa shape index (κ1) is 15.4. The van der Waals surface area contributed by atoms with Crippen LogP contribution < -0.4 is 4.72 Å². The normalized spacial score (nSPS) is 26.8. The van der Waals surface area contributed by atoms with Crippen LogP contribution in [0, 0.1) is 0 Å². The van der Waals surface area contributed by atoms with Gasteiger partial charge in [-0.05, 0) is 19.1 Å². The van der Waals surface area contributed by atoms with E-state index in [0.717, 1.165) is 0 Å². The highest BCUT2D eigenvalue weighted by molar-refractivity contribution is 7.91. The van der Waals surface area contributed by atoms with E-state index in [1.165, 1.54) is 12.1 Å². The molecule has 1 aromatic heterocycles. The van der Waals surface area contributed by atoms with Crippen molar-refractivity contribution in [2.75, 3.05) is 13.2 Å². The Bertz CT molecular complexity index is 610. The minimum absolute atomic E-state index is 0.0540. The number of ether oxygens (including phenoxy) is 1. The van der Waals surface area contributed by atoms with Crippen LogP contribution in [0.25, 0.3) is 0 Å². The fourth-order valence-corrected chi connectivity index (χ4v) is 4.16. The number of thiophene rings is 1. The summed E-state index contributed by atoms with van der Waals surface area (Å²) in [7, 11) is -3.83. The summed E-state index contributed by atoms with van der Waals surface area (Å²) in [6, 6.07) is 2.46. The molecule has 1 aliphatic heterocycles. The van der Waals surface area contributed by atoms with Gasteiger partial charge in [0.2, 0.25) is 10.0 Å². The molecule has 1 aromatic rings. The maximum atomic E-state index is 12.0. The van der Waals surface area contributed by atoms with Crippen LogP contribution in [-0.2, 0) is 14.8 Å². The van der Waals surface area contributed by atoms with Gasteiger partial charge in [0.15, 0.2) is 0 Å². The molecule has 3 N–H and O–H groups in total. The first-order valence-electron chi connectivity index (χ1n) is 5.91. The lowest BCUT2D eigenvalue weighted by Gasteiger charge is -2.25. The molecule has 0 spiro atoms. The predicted octanol–water partition coefficient (Wildman–Crippen LogP) is 0.264. The Morgan fingerprint density at radius 1 is 1.60 bits per heavy atom. The van der Waals surface area contributed by atoms with E-state index in [1.54, 1.807) is 6.92 Å². The number of nitrogens with one attached hydrogen (secondary N) is 1. The highest BCUT2D eigenvalue weighted by Gasteiger charge is 2.40. The molecule has 0 amide bonds. The molecular weight excluding hydrogens is 306 g/mol. The van der Waals surface area contributed by atoms with E-state index in [-0.39, 0.29) is 15.6 Å². The van der Waals surface area contributed by atoms with Crippen molar-refractivity contribution in [1.82, 2.24) is 4.72 Å². The SMILES string of the molecule is CC1OCCC1(O)CNS(=O)(=O)c1ccc(C(=O)O)s1. The van der Waals surface area contributed by atoms with Crippen molar-refractivity contribution < 1.29 is 28.2 Å². The lowest BCUT2D eigenvalue weighted by molar-refractivity contribution is -0.0228. The third-order valence-corrected chi connectivity index (χ3v) is 6.25. The standard InChI is InChI=1S/C11H15NO6S2/c1-7-11(15,4-5-18-7)6-12-20(16,17)9-3-2-8(19-9)10(13)14/h2-3,7,12,15H,4-6H2,1H3,(H,13,14). The quantitative estimate of drug-likeness (QED) is 0.717. The monoisotopic (exact) mass is 321 g/mol. The maximum absolute atomic E-state index is 12.0. The van der Waals surface area contributed by atoms with Crippen LogP contribution in [0.2, 0.25) is 0 Å². The van der Waals surface area contributed by atoms with Gasteiger partial charge in [-0.2, -0.15) is 0 Å². The minimum atomic E-state index is -3.83. The van der Waals surface area contributed by atoms with E-state index in [0.29, 0.717) is 24.4 Å². The van der Waals surface area contributed by atoms with Gasteiger partial charge >= 0.3 is 5.97 Å². The van der Waals surface area contributed by atoms with Gasteiger partial charge in [0.05, 0.1) is 6.10 Å². The van der Waals surface area contributed by atoms with Gasteiger partial charge in [0, 0.05) is 19.6 Å². The van der Waals surface area contributed by atoms with E-state index in [1.807, 2.05) is 0 Å². The number of carbonyl (C=O) groups is 1. The summed E-state index contributed by atoms with van der Waals surface area (Å²) in [6.07, 6.45) is -0.107. The number of carboxylic acids is 1. The van der Waals surface area contributed by atoms with Crippen molar-refractivity contribution in [2.45, 2.75) is 29.3 Å². The summed E-state index contributed by atoms with van der Waals surface area (Å²) < 4.78 is 31.5. The molecule has 0 saturated carbocycles. The fourth-order valence-electron chi connectivity index (χ4n) is 1.87. The summed E-state index contributed by atoms with van der Waals surface area (Å²) >= 11 is 0.667. The van der Waals surface area contributed by atoms with Crippen molar-refractivity contribution in [3.05, 3.63) is 17.0 Å². The largest absolute Gasteiger partial charge is 0.477 e. The average Bonchev–Trinajstić information content (AvgIpc) is 2.97. The molecule has 20 heavy (non-hydrogen) atoms. The predicted molar refractivity (Wildman–Crippen MR) is 71.4 cm³/mol. The van der Waals surface area contributed by atoms with Gasteiger partial charge in [0.1, 0.15) is 14.7 Å². The Morgan fingerprint density at radius 3 is 2.80 bits per heavy atom. The third kappa shape index (κ3) is 3.01. The molecule has 2 heterocycles. The summed E-state index contributed by atoms with van der Waals surface area (Å²) in [5.74, 6) is -1.17. The second-order valence-electron chi connectivity index (χ2n) is 4.61. The Kier molecular flexibility index (Phi) is 4.17. The van der Waals surface area contributed by atoms with Gasteiger partial charge < -0.3 is 14.9 Å². The Balaban J connectivity index is 2.09. The van der Waals surface area contributed by atoms with Crippen LogP contribution in [0.15, 0.2) is 16.3 Å². The molecule has 0 radical (unpaired) electrons. The van der Waals surface area contributed by atoms with Gasteiger partial charge in [0.25, 0.3) is 0 Å². The van der Waals surface area contributed by atoms with Crippen molar-refractivity contribution in [1.29, 1.82) is 0 Å². The smallest absolute Gasteiger partial charge is 0.345 e. The molecular formula is C11H15NO6S2. The molecule has 0 bridgehead atoms. The Labute approximate surface area is 120 Å². The Morgan fingerprint density at radius 2 is 2.30 bits per heavy atom. The minimum Gasteiger partial charge on any atom is -0.477 e. The number of aliphatic hydroxyl groups is 1. The molecule has 2 unspecified atom stereocenters. The molecule has 1 fully saturated rings. The highest BCUT2D eigenvalue weighted by Crippen LogP contribution is 2.26. The van der Waals surface area contributed by atoms with Crippen LogP contribution in [0.1, 0.15) is 23.0 Å². The summed E-state index contributed by atoms with van der Waals surface area (Å²) in [4.78, 5) is 10.7. The number of sulfonamides is 1. The lowest BCUT2D eigenvalue weighted by atomic mass is 9.97. The zero-order valence-electron chi connectivity index (χ0n) is 10.7. The van der Waals surface area contributed by atoms with Crippen molar-refractivity contribution in [3.8, 4) is 0 Å². The molecule has 2 atom stereocenters. The zero-order chi connectivity index (χ0) is 15.0. The molecule has 112 valence electrons. The first-order chi connectivity index (χ1) is 9.24. The van der Waals surface area contributed by atoms with Crippen molar-refractivity contribution in [2.24, 2.45) is 0 Å². The van der Waals surface area contributed by atoms with Crippen LogP contribution in [0.4, 0.5) is 0 Å². The second kappa shape index (κ2) is 5.41. The van der Waals surface area contributed by atoms with Crippen LogP contribution in [0.5, 0.6) is 0 Å². The zero-order valence-corrected chi connectivity index (χ0v) is 12.3. The molecule has 2 rings (SSSR count). The molecule has 1 saturated heterocycles. The molecule has 0 aromatic carbocycles. The molecule has 9 heteroatoms. The van der Waals surface area contributed by atoms with Gasteiger partial charge in [-0.1, -0.05) is 0 Å².